The van der Waals surface area contributed by atoms with Crippen molar-refractivity contribution in [2.24, 2.45) is 5.92 Å². The second kappa shape index (κ2) is 21.3. The fraction of sp³-hybridized carbons (Fsp3) is 0.0526. The fourth-order valence-electron chi connectivity index (χ4n) is 12.6. The molecule has 1 N–H and O–H groups in total. The average Bonchev–Trinajstić information content (AvgIpc) is 1.54. The van der Waals surface area contributed by atoms with Crippen molar-refractivity contribution in [3.8, 4) is 68.8 Å². The van der Waals surface area contributed by atoms with Crippen molar-refractivity contribution in [2.45, 2.75) is 23.0 Å². The SMILES string of the molecule is N#CC1C=CC(Sc2ccc(-n3c4ccccc4c4c5c(c6ccccc6n5-c5ccc(Nc6ccccc6Oc6ccccc6)cc5)c5c(c6ccccc6n5-c5ccc(-c6nc(-c7ccccc7)nc(-c7ccccc7)n6)cc5)c43)cc2)CC1. The number of nitrogens with one attached hydrogen (secondary N) is 1. The minimum atomic E-state index is -0.00802. The lowest BCUT2D eigenvalue weighted by Crippen LogP contribution is -2.08. The topological polar surface area (TPSA) is 98.5 Å². The molecule has 16 rings (SSSR count). The molecule has 11 aromatic carbocycles. The number of ether oxygens (including phenoxy) is 1. The minimum absolute atomic E-state index is 0.00802. The first-order chi connectivity index (χ1) is 42.6. The monoisotopic (exact) mass is 1120 g/mol. The fourth-order valence-corrected chi connectivity index (χ4v) is 13.7. The Kier molecular flexibility index (Phi) is 12.6. The van der Waals surface area contributed by atoms with E-state index in [1.54, 1.807) is 0 Å². The van der Waals surface area contributed by atoms with E-state index in [4.69, 9.17) is 19.7 Å². The molecule has 0 amide bonds. The van der Waals surface area contributed by atoms with Crippen molar-refractivity contribution in [1.29, 1.82) is 5.26 Å². The predicted octanol–water partition coefficient (Wildman–Crippen LogP) is 19.7. The second-order valence-electron chi connectivity index (χ2n) is 21.7. The Bertz CT molecular complexity index is 5090. The van der Waals surface area contributed by atoms with Gasteiger partial charge in [0.25, 0.3) is 0 Å². The van der Waals surface area contributed by atoms with Crippen molar-refractivity contribution in [2.75, 3.05) is 5.32 Å². The van der Waals surface area contributed by atoms with Crippen LogP contribution < -0.4 is 10.1 Å². The molecular weight excluding hydrogens is 1070 g/mol. The van der Waals surface area contributed by atoms with Gasteiger partial charge < -0.3 is 23.8 Å². The summed E-state index contributed by atoms with van der Waals surface area (Å²) >= 11 is 1.87. The van der Waals surface area contributed by atoms with Gasteiger partial charge in [0.1, 0.15) is 5.75 Å². The lowest BCUT2D eigenvalue weighted by atomic mass is 9.97. The number of fused-ring (bicyclic) bond motifs is 12. The molecule has 0 aliphatic heterocycles. The summed E-state index contributed by atoms with van der Waals surface area (Å²) in [4.78, 5) is 16.4. The van der Waals surface area contributed by atoms with Crippen LogP contribution in [0.1, 0.15) is 12.8 Å². The standard InChI is InChI=1S/C76H52N8OS/c77-48-49-32-44-58(45-33-49)86-59-46-42-56(43-47-59)84-66-30-16-12-26-62(66)70-72-68(61-25-11-15-29-65(61)83(72)55-40-36-53(37-41-55)78-63-27-13-17-31-67(63)85-57-22-8-3-9-23-57)71-69(73(70)84)60-24-10-14-28-64(60)82(71)54-38-34-52(35-39-54)76-80-74(50-18-4-1-5-19-50)79-75(81-76)51-20-6-2-7-21-51/h1-32,34-44,46-47,49,58,78H,33,45H2. The molecule has 1 aliphatic rings. The molecule has 0 radical (unpaired) electrons. The average molecular weight is 1130 g/mol. The Morgan fingerprint density at radius 1 is 0.419 bits per heavy atom. The molecule has 4 heterocycles. The maximum atomic E-state index is 9.59. The Morgan fingerprint density at radius 3 is 1.31 bits per heavy atom. The third-order valence-corrected chi connectivity index (χ3v) is 17.8. The molecule has 0 bridgehead atoms. The molecule has 2 unspecified atom stereocenters. The molecule has 10 heteroatoms. The largest absolute Gasteiger partial charge is 0.455 e. The van der Waals surface area contributed by atoms with Crippen LogP contribution in [-0.4, -0.2) is 33.9 Å². The van der Waals surface area contributed by atoms with Gasteiger partial charge in [-0.1, -0.05) is 158 Å². The van der Waals surface area contributed by atoms with Crippen LogP contribution in [0.3, 0.4) is 0 Å². The van der Waals surface area contributed by atoms with Crippen LogP contribution in [0.25, 0.3) is 117 Å². The molecule has 4 aromatic heterocycles. The van der Waals surface area contributed by atoms with Crippen molar-refractivity contribution in [1.82, 2.24) is 28.7 Å². The Labute approximate surface area is 500 Å². The van der Waals surface area contributed by atoms with Crippen LogP contribution in [-0.2, 0) is 0 Å². The van der Waals surface area contributed by atoms with Gasteiger partial charge in [-0.2, -0.15) is 5.26 Å². The molecular formula is C76H52N8OS. The first-order valence-corrected chi connectivity index (χ1v) is 29.9. The lowest BCUT2D eigenvalue weighted by molar-refractivity contribution is 0.485. The molecule has 0 saturated carbocycles. The van der Waals surface area contributed by atoms with E-state index in [-0.39, 0.29) is 5.92 Å². The molecule has 15 aromatic rings. The van der Waals surface area contributed by atoms with Crippen LogP contribution >= 0.6 is 11.8 Å². The Morgan fingerprint density at radius 2 is 0.837 bits per heavy atom. The van der Waals surface area contributed by atoms with E-state index < -0.39 is 0 Å². The lowest BCUT2D eigenvalue weighted by Gasteiger charge is -2.18. The van der Waals surface area contributed by atoms with E-state index in [9.17, 15) is 5.26 Å². The summed E-state index contributed by atoms with van der Waals surface area (Å²) in [5, 5.41) is 20.5. The number of hydrogen-bond acceptors (Lipinski definition) is 7. The van der Waals surface area contributed by atoms with Gasteiger partial charge in [0.05, 0.1) is 50.8 Å². The third-order valence-electron chi connectivity index (χ3n) is 16.5. The maximum absolute atomic E-state index is 9.59. The normalized spacial score (nSPS) is 14.2. The molecule has 408 valence electrons. The van der Waals surface area contributed by atoms with Crippen molar-refractivity contribution < 1.29 is 4.74 Å². The summed E-state index contributed by atoms with van der Waals surface area (Å²) in [6.45, 7) is 0. The number of thioether (sulfide) groups is 1. The smallest absolute Gasteiger partial charge is 0.164 e. The van der Waals surface area contributed by atoms with Crippen LogP contribution in [0.2, 0.25) is 0 Å². The summed E-state index contributed by atoms with van der Waals surface area (Å²) in [6.07, 6.45) is 6.15. The highest BCUT2D eigenvalue weighted by molar-refractivity contribution is 8.00. The van der Waals surface area contributed by atoms with Gasteiger partial charge in [0.2, 0.25) is 0 Å². The quantitative estimate of drug-likeness (QED) is 0.122. The molecule has 0 fully saturated rings. The van der Waals surface area contributed by atoms with Gasteiger partial charge in [-0.15, -0.1) is 11.8 Å². The number of hydrogen-bond donors (Lipinski definition) is 1. The van der Waals surface area contributed by atoms with Crippen molar-refractivity contribution >= 4 is 88.6 Å². The number of benzene rings is 11. The van der Waals surface area contributed by atoms with Gasteiger partial charge in [0, 0.05) is 81.9 Å². The highest BCUT2D eigenvalue weighted by atomic mass is 32.2. The zero-order valence-electron chi connectivity index (χ0n) is 46.5. The first-order valence-electron chi connectivity index (χ1n) is 29.0. The molecule has 1 aliphatic carbocycles. The van der Waals surface area contributed by atoms with Gasteiger partial charge in [-0.3, -0.25) is 0 Å². The van der Waals surface area contributed by atoms with Crippen LogP contribution in [0.5, 0.6) is 11.5 Å². The molecule has 86 heavy (non-hydrogen) atoms. The van der Waals surface area contributed by atoms with E-state index in [0.29, 0.717) is 22.7 Å². The Hall–Kier alpha value is -11.0. The van der Waals surface area contributed by atoms with Gasteiger partial charge in [-0.05, 0) is 128 Å². The van der Waals surface area contributed by atoms with Crippen molar-refractivity contribution in [3.63, 3.8) is 0 Å². The maximum Gasteiger partial charge on any atom is 0.164 e. The minimum Gasteiger partial charge on any atom is -0.455 e. The predicted molar refractivity (Wildman–Crippen MR) is 353 cm³/mol. The summed E-state index contributed by atoms with van der Waals surface area (Å²) in [6, 6.07) is 93.9. The number of nitriles is 1. The van der Waals surface area contributed by atoms with E-state index in [2.05, 4.69) is 183 Å². The van der Waals surface area contributed by atoms with E-state index in [1.165, 1.54) is 10.3 Å². The first kappa shape index (κ1) is 50.7. The number of nitrogens with zero attached hydrogens (tertiary/aromatic N) is 7. The molecule has 9 nitrogen and oxygen atoms in total. The highest BCUT2D eigenvalue weighted by Crippen LogP contribution is 2.51. The van der Waals surface area contributed by atoms with Crippen molar-refractivity contribution in [3.05, 3.63) is 273 Å². The number of allylic oxidation sites excluding steroid dienone is 1. The van der Waals surface area contributed by atoms with E-state index >= 15 is 0 Å². The second-order valence-corrected chi connectivity index (χ2v) is 23.1. The molecule has 2 atom stereocenters. The summed E-state index contributed by atoms with van der Waals surface area (Å²) in [7, 11) is 0. The molecule has 0 spiro atoms. The number of anilines is 2. The zero-order valence-corrected chi connectivity index (χ0v) is 47.3. The molecule has 0 saturated heterocycles. The van der Waals surface area contributed by atoms with Gasteiger partial charge >= 0.3 is 0 Å². The highest BCUT2D eigenvalue weighted by Gasteiger charge is 2.29. The summed E-state index contributed by atoms with van der Waals surface area (Å²) in [5.41, 5.74) is 14.3. The number of rotatable bonds is 12. The number of para-hydroxylation sites is 6. The zero-order chi connectivity index (χ0) is 57.1. The van der Waals surface area contributed by atoms with E-state index in [0.717, 1.165) is 129 Å². The van der Waals surface area contributed by atoms with Gasteiger partial charge in [0.15, 0.2) is 23.2 Å². The Balaban J connectivity index is 0.928. The van der Waals surface area contributed by atoms with Crippen LogP contribution in [0.4, 0.5) is 11.4 Å². The summed E-state index contributed by atoms with van der Waals surface area (Å²) in [5.74, 6) is 3.34. The third kappa shape index (κ3) is 8.83. The van der Waals surface area contributed by atoms with Crippen LogP contribution in [0, 0.1) is 17.2 Å². The van der Waals surface area contributed by atoms with E-state index in [1.807, 2.05) is 127 Å². The van der Waals surface area contributed by atoms with Crippen LogP contribution in [0.15, 0.2) is 278 Å². The number of aromatic nitrogens is 6. The van der Waals surface area contributed by atoms with Gasteiger partial charge in [-0.25, -0.2) is 15.0 Å². The summed E-state index contributed by atoms with van der Waals surface area (Å²) < 4.78 is 13.8.